The molecule has 2 aliphatic rings. The maximum absolute atomic E-state index is 11.8. The molecular weight excluding hydrogens is 328 g/mol. The van der Waals surface area contributed by atoms with Gasteiger partial charge in [0.2, 0.25) is 0 Å². The summed E-state index contributed by atoms with van der Waals surface area (Å²) in [6.45, 7) is 3.64. The Morgan fingerprint density at radius 2 is 1.00 bits per heavy atom. The predicted octanol–water partition coefficient (Wildman–Crippen LogP) is 1.32. The summed E-state index contributed by atoms with van der Waals surface area (Å²) in [6.07, 6.45) is 2.90. The minimum absolute atomic E-state index is 0.0322. The zero-order valence-electron chi connectivity index (χ0n) is 14.8. The molecule has 140 valence electrons. The molecule has 0 aliphatic heterocycles. The number of carbonyl (C=O) groups is 4. The molecule has 2 saturated carbocycles. The topological polar surface area (TPSA) is 96.0 Å². The van der Waals surface area contributed by atoms with E-state index in [1.165, 1.54) is 13.8 Å². The molecule has 0 aromatic carbocycles. The molecule has 2 rings (SSSR count). The van der Waals surface area contributed by atoms with Gasteiger partial charge < -0.3 is 14.2 Å². The Morgan fingerprint density at radius 1 is 0.640 bits per heavy atom. The summed E-state index contributed by atoms with van der Waals surface area (Å²) in [7, 11) is 0. The van der Waals surface area contributed by atoms with E-state index in [1.54, 1.807) is 0 Å². The standard InChI is InChI=1S/C18H26O7/c1-11(19)13-3-5-15(13)17(21)24-9-7-23-8-10-25-18(22)16-6-4-14(16)12(2)20/h13-16H,3-10H2,1-2H3. The summed E-state index contributed by atoms with van der Waals surface area (Å²) in [4.78, 5) is 46.1. The van der Waals surface area contributed by atoms with E-state index in [2.05, 4.69) is 0 Å². The number of ether oxygens (including phenoxy) is 3. The Labute approximate surface area is 147 Å². The third-order valence-electron chi connectivity index (χ3n) is 5.14. The van der Waals surface area contributed by atoms with E-state index in [9.17, 15) is 19.2 Å². The van der Waals surface area contributed by atoms with Crippen molar-refractivity contribution in [2.24, 2.45) is 23.7 Å². The highest BCUT2D eigenvalue weighted by Crippen LogP contribution is 2.36. The summed E-state index contributed by atoms with van der Waals surface area (Å²) in [6, 6.07) is 0. The summed E-state index contributed by atoms with van der Waals surface area (Å²) in [5, 5.41) is 0. The minimum Gasteiger partial charge on any atom is -0.463 e. The molecule has 0 aromatic heterocycles. The molecule has 0 N–H and O–H groups in total. The van der Waals surface area contributed by atoms with Crippen LogP contribution in [-0.2, 0) is 33.4 Å². The van der Waals surface area contributed by atoms with Gasteiger partial charge >= 0.3 is 11.9 Å². The van der Waals surface area contributed by atoms with Gasteiger partial charge in [-0.05, 0) is 39.5 Å². The van der Waals surface area contributed by atoms with Crippen molar-refractivity contribution in [1.29, 1.82) is 0 Å². The van der Waals surface area contributed by atoms with E-state index in [1.807, 2.05) is 0 Å². The fourth-order valence-electron chi connectivity index (χ4n) is 3.26. The zero-order chi connectivity index (χ0) is 18.4. The molecule has 2 aliphatic carbocycles. The van der Waals surface area contributed by atoms with Gasteiger partial charge in [0, 0.05) is 11.8 Å². The maximum atomic E-state index is 11.8. The van der Waals surface area contributed by atoms with Gasteiger partial charge in [-0.1, -0.05) is 0 Å². The van der Waals surface area contributed by atoms with Gasteiger partial charge in [0.05, 0.1) is 25.0 Å². The van der Waals surface area contributed by atoms with Crippen LogP contribution >= 0.6 is 0 Å². The fraction of sp³-hybridized carbons (Fsp3) is 0.778. The average Bonchev–Trinajstić information content (AvgIpc) is 2.42. The van der Waals surface area contributed by atoms with Crippen LogP contribution in [0.25, 0.3) is 0 Å². The Bertz CT molecular complexity index is 482. The Kier molecular flexibility index (Phi) is 7.11. The molecule has 0 heterocycles. The number of rotatable bonds is 10. The molecule has 25 heavy (non-hydrogen) atoms. The molecular formula is C18H26O7. The lowest BCUT2D eigenvalue weighted by Gasteiger charge is -2.32. The van der Waals surface area contributed by atoms with Gasteiger partial charge in [0.25, 0.3) is 0 Å². The molecule has 4 atom stereocenters. The van der Waals surface area contributed by atoms with E-state index in [0.717, 1.165) is 12.8 Å². The number of hydrogen-bond donors (Lipinski definition) is 0. The summed E-state index contributed by atoms with van der Waals surface area (Å²) < 4.78 is 15.5. The van der Waals surface area contributed by atoms with Gasteiger partial charge in [0.15, 0.2) is 0 Å². The highest BCUT2D eigenvalue weighted by Gasteiger charge is 2.41. The number of ketones is 2. The van der Waals surface area contributed by atoms with Crippen molar-refractivity contribution in [3.05, 3.63) is 0 Å². The first-order valence-corrected chi connectivity index (χ1v) is 8.83. The molecule has 0 amide bonds. The largest absolute Gasteiger partial charge is 0.463 e. The molecule has 0 spiro atoms. The molecule has 4 unspecified atom stereocenters. The van der Waals surface area contributed by atoms with Crippen LogP contribution < -0.4 is 0 Å². The molecule has 0 bridgehead atoms. The monoisotopic (exact) mass is 354 g/mol. The van der Waals surface area contributed by atoms with Crippen molar-refractivity contribution in [3.63, 3.8) is 0 Å². The van der Waals surface area contributed by atoms with Crippen molar-refractivity contribution in [1.82, 2.24) is 0 Å². The van der Waals surface area contributed by atoms with Crippen molar-refractivity contribution in [2.75, 3.05) is 26.4 Å². The summed E-state index contributed by atoms with van der Waals surface area (Å²) in [5.41, 5.74) is 0. The fourth-order valence-corrected chi connectivity index (χ4v) is 3.26. The quantitative estimate of drug-likeness (QED) is 0.431. The SMILES string of the molecule is CC(=O)C1CCC1C(=O)OCCOCCOC(=O)C1CCC1C(C)=O. The van der Waals surface area contributed by atoms with Crippen LogP contribution in [0.3, 0.4) is 0 Å². The van der Waals surface area contributed by atoms with E-state index in [0.29, 0.717) is 12.8 Å². The van der Waals surface area contributed by atoms with Crippen molar-refractivity contribution < 1.29 is 33.4 Å². The zero-order valence-corrected chi connectivity index (χ0v) is 14.8. The highest BCUT2D eigenvalue weighted by atomic mass is 16.6. The number of Topliss-reactive ketones (excluding diaryl/α,β-unsaturated/α-hetero) is 2. The lowest BCUT2D eigenvalue weighted by Crippen LogP contribution is -2.38. The third kappa shape index (κ3) is 5.11. The Hall–Kier alpha value is -1.76. The van der Waals surface area contributed by atoms with Crippen LogP contribution in [0, 0.1) is 23.7 Å². The van der Waals surface area contributed by atoms with Gasteiger partial charge in [-0.25, -0.2) is 0 Å². The molecule has 0 aromatic rings. The molecule has 2 fully saturated rings. The van der Waals surface area contributed by atoms with Gasteiger partial charge in [-0.15, -0.1) is 0 Å². The average molecular weight is 354 g/mol. The van der Waals surface area contributed by atoms with Crippen LogP contribution in [0.1, 0.15) is 39.5 Å². The highest BCUT2D eigenvalue weighted by molar-refractivity contribution is 5.87. The lowest BCUT2D eigenvalue weighted by atomic mass is 9.72. The van der Waals surface area contributed by atoms with Crippen LogP contribution in [0.15, 0.2) is 0 Å². The smallest absolute Gasteiger partial charge is 0.309 e. The first kappa shape index (κ1) is 19.6. The second kappa shape index (κ2) is 9.08. The van der Waals surface area contributed by atoms with Crippen LogP contribution in [0.4, 0.5) is 0 Å². The molecule has 0 saturated heterocycles. The Morgan fingerprint density at radius 3 is 1.28 bits per heavy atom. The predicted molar refractivity (Wildman–Crippen MR) is 86.5 cm³/mol. The lowest BCUT2D eigenvalue weighted by molar-refractivity contribution is -0.160. The van der Waals surface area contributed by atoms with E-state index in [-0.39, 0.29) is 73.6 Å². The maximum Gasteiger partial charge on any atom is 0.309 e. The van der Waals surface area contributed by atoms with Crippen molar-refractivity contribution in [2.45, 2.75) is 39.5 Å². The first-order valence-electron chi connectivity index (χ1n) is 8.83. The van der Waals surface area contributed by atoms with E-state index >= 15 is 0 Å². The molecule has 7 heteroatoms. The van der Waals surface area contributed by atoms with E-state index in [4.69, 9.17) is 14.2 Å². The minimum atomic E-state index is -0.346. The summed E-state index contributed by atoms with van der Waals surface area (Å²) >= 11 is 0. The van der Waals surface area contributed by atoms with Gasteiger partial charge in [-0.2, -0.15) is 0 Å². The number of hydrogen-bond acceptors (Lipinski definition) is 7. The normalized spacial score (nSPS) is 27.6. The first-order chi connectivity index (χ1) is 11.9. The van der Waals surface area contributed by atoms with Crippen molar-refractivity contribution >= 4 is 23.5 Å². The Balaban J connectivity index is 1.48. The number of esters is 2. The number of carbonyl (C=O) groups excluding carboxylic acids is 4. The third-order valence-corrected chi connectivity index (χ3v) is 5.14. The molecule has 0 radical (unpaired) electrons. The van der Waals surface area contributed by atoms with E-state index < -0.39 is 0 Å². The van der Waals surface area contributed by atoms with Gasteiger partial charge in [0.1, 0.15) is 24.8 Å². The van der Waals surface area contributed by atoms with Crippen molar-refractivity contribution in [3.8, 4) is 0 Å². The summed E-state index contributed by atoms with van der Waals surface area (Å²) in [5.74, 6) is -1.64. The second-order valence-corrected chi connectivity index (χ2v) is 6.75. The molecule has 7 nitrogen and oxygen atoms in total. The van der Waals surface area contributed by atoms with Crippen LogP contribution in [0.2, 0.25) is 0 Å². The van der Waals surface area contributed by atoms with Crippen LogP contribution in [-0.4, -0.2) is 49.9 Å². The van der Waals surface area contributed by atoms with Crippen LogP contribution in [0.5, 0.6) is 0 Å². The van der Waals surface area contributed by atoms with Gasteiger partial charge in [-0.3, -0.25) is 19.2 Å². The second-order valence-electron chi connectivity index (χ2n) is 6.75.